The van der Waals surface area contributed by atoms with Crippen molar-refractivity contribution in [3.63, 3.8) is 0 Å². The molecule has 0 amide bonds. The molecule has 0 aromatic carbocycles. The fourth-order valence-electron chi connectivity index (χ4n) is 1.67. The summed E-state index contributed by atoms with van der Waals surface area (Å²) in [6.45, 7) is 7.96. The predicted octanol–water partition coefficient (Wildman–Crippen LogP) is 1.86. The van der Waals surface area contributed by atoms with Crippen LogP contribution in [0.15, 0.2) is 0 Å². The molecule has 0 aromatic rings. The smallest absolute Gasteiger partial charge is 0.247 e. The van der Waals surface area contributed by atoms with Crippen LogP contribution < -0.4 is 0 Å². The van der Waals surface area contributed by atoms with Gasteiger partial charge in [0.05, 0.1) is 12.2 Å². The molecule has 0 aliphatic carbocycles. The van der Waals surface area contributed by atoms with Gasteiger partial charge in [0.2, 0.25) is 0 Å². The number of rotatable bonds is 2. The first-order valence-electron chi connectivity index (χ1n) is 4.88. The third kappa shape index (κ3) is 1.81. The third-order valence-corrected chi connectivity index (χ3v) is 4.52. The Bertz CT molecular complexity index is 311. The molecule has 2 unspecified atom stereocenters. The summed E-state index contributed by atoms with van der Waals surface area (Å²) in [5.74, 6) is 0. The Morgan fingerprint density at radius 3 is 2.21 bits per heavy atom. The van der Waals surface area contributed by atoms with Crippen LogP contribution in [0.4, 0.5) is 0 Å². The molecule has 0 bridgehead atoms. The monoisotopic (exact) mass is 222 g/mol. The Balaban J connectivity index is 3.05. The molecule has 1 aliphatic rings. The van der Waals surface area contributed by atoms with E-state index in [-0.39, 0.29) is 12.0 Å². The highest BCUT2D eigenvalue weighted by Gasteiger charge is 2.51. The van der Waals surface area contributed by atoms with Gasteiger partial charge in [-0.15, -0.1) is 0 Å². The largest absolute Gasteiger partial charge is 0.400 e. The van der Waals surface area contributed by atoms with Crippen LogP contribution in [0.5, 0.6) is 0 Å². The van der Waals surface area contributed by atoms with Crippen molar-refractivity contribution < 1.29 is 16.8 Å². The molecule has 1 rings (SSSR count). The van der Waals surface area contributed by atoms with E-state index in [2.05, 4.69) is 0 Å². The van der Waals surface area contributed by atoms with Crippen LogP contribution in [0.1, 0.15) is 40.5 Å². The first-order chi connectivity index (χ1) is 6.29. The fourth-order valence-corrected chi connectivity index (χ4v) is 2.89. The zero-order chi connectivity index (χ0) is 11.0. The van der Waals surface area contributed by atoms with Crippen LogP contribution in [-0.2, 0) is 18.8 Å². The van der Waals surface area contributed by atoms with Gasteiger partial charge in [-0.2, -0.15) is 8.42 Å². The molecule has 0 saturated carbocycles. The Kier molecular flexibility index (Phi) is 2.96. The fraction of sp³-hybridized carbons (Fsp3) is 1.00. The molecule has 2 atom stereocenters. The van der Waals surface area contributed by atoms with Crippen molar-refractivity contribution in [2.24, 2.45) is 5.41 Å². The highest BCUT2D eigenvalue weighted by atomic mass is 32.3. The molecule has 0 aromatic heterocycles. The second kappa shape index (κ2) is 3.47. The van der Waals surface area contributed by atoms with Gasteiger partial charge in [0.1, 0.15) is 0 Å². The van der Waals surface area contributed by atoms with Crippen LogP contribution >= 0.6 is 0 Å². The molecule has 0 radical (unpaired) electrons. The summed E-state index contributed by atoms with van der Waals surface area (Å²) < 4.78 is 32.2. The molecular formula is C9H18O4S. The van der Waals surface area contributed by atoms with Crippen molar-refractivity contribution in [1.82, 2.24) is 0 Å². The molecular weight excluding hydrogens is 204 g/mol. The van der Waals surface area contributed by atoms with Crippen LogP contribution in [-0.4, -0.2) is 20.6 Å². The van der Waals surface area contributed by atoms with Crippen LogP contribution in [0.3, 0.4) is 0 Å². The number of hydrogen-bond donors (Lipinski definition) is 0. The summed E-state index contributed by atoms with van der Waals surface area (Å²) >= 11 is 0. The molecule has 1 fully saturated rings. The Labute approximate surface area is 85.9 Å². The van der Waals surface area contributed by atoms with Gasteiger partial charge in [-0.3, -0.25) is 0 Å². The Hall–Kier alpha value is -0.130. The van der Waals surface area contributed by atoms with E-state index in [1.165, 1.54) is 0 Å². The minimum atomic E-state index is -3.78. The summed E-state index contributed by atoms with van der Waals surface area (Å²) in [5, 5.41) is 0. The average molecular weight is 222 g/mol. The quantitative estimate of drug-likeness (QED) is 0.715. The molecule has 14 heavy (non-hydrogen) atoms. The molecule has 0 N–H and O–H groups in total. The van der Waals surface area contributed by atoms with Crippen LogP contribution in [0.25, 0.3) is 0 Å². The highest BCUT2D eigenvalue weighted by Crippen LogP contribution is 2.44. The normalized spacial score (nSPS) is 42.3. The van der Waals surface area contributed by atoms with Crippen molar-refractivity contribution in [3.05, 3.63) is 0 Å². The predicted molar refractivity (Wildman–Crippen MR) is 53.1 cm³/mol. The molecule has 1 aliphatic heterocycles. The SMILES string of the molecule is CCC1(C)COS(=O)(=O)OC1(C)CC. The van der Waals surface area contributed by atoms with Gasteiger partial charge in [-0.25, -0.2) is 8.37 Å². The summed E-state index contributed by atoms with van der Waals surface area (Å²) in [6.07, 6.45) is 1.48. The first kappa shape index (κ1) is 11.9. The van der Waals surface area contributed by atoms with Gasteiger partial charge < -0.3 is 0 Å². The lowest BCUT2D eigenvalue weighted by Crippen LogP contribution is -2.53. The lowest BCUT2D eigenvalue weighted by molar-refractivity contribution is -0.104. The standard InChI is InChI=1S/C9H18O4S/c1-5-8(3)7-12-14(10,11)13-9(8,4)6-2/h5-7H2,1-4H3. The van der Waals surface area contributed by atoms with Crippen molar-refractivity contribution in [1.29, 1.82) is 0 Å². The summed E-state index contributed by atoms with van der Waals surface area (Å²) in [7, 11) is -3.78. The zero-order valence-electron chi connectivity index (χ0n) is 9.16. The van der Waals surface area contributed by atoms with E-state index in [1.807, 2.05) is 27.7 Å². The van der Waals surface area contributed by atoms with Crippen molar-refractivity contribution in [3.8, 4) is 0 Å². The Morgan fingerprint density at radius 2 is 1.79 bits per heavy atom. The van der Waals surface area contributed by atoms with Gasteiger partial charge in [-0.05, 0) is 19.8 Å². The van der Waals surface area contributed by atoms with Crippen LogP contribution in [0, 0.1) is 5.41 Å². The molecule has 1 heterocycles. The maximum absolute atomic E-state index is 11.2. The molecule has 0 spiro atoms. The lowest BCUT2D eigenvalue weighted by Gasteiger charge is -2.47. The van der Waals surface area contributed by atoms with Gasteiger partial charge >= 0.3 is 10.4 Å². The van der Waals surface area contributed by atoms with E-state index in [0.29, 0.717) is 6.42 Å². The highest BCUT2D eigenvalue weighted by molar-refractivity contribution is 7.81. The third-order valence-electron chi connectivity index (χ3n) is 3.54. The summed E-state index contributed by atoms with van der Waals surface area (Å²) in [6, 6.07) is 0. The van der Waals surface area contributed by atoms with E-state index in [1.54, 1.807) is 0 Å². The molecule has 84 valence electrons. The van der Waals surface area contributed by atoms with E-state index in [9.17, 15) is 8.42 Å². The van der Waals surface area contributed by atoms with Crippen molar-refractivity contribution in [2.45, 2.75) is 46.1 Å². The topological polar surface area (TPSA) is 52.6 Å². The van der Waals surface area contributed by atoms with E-state index in [4.69, 9.17) is 8.37 Å². The lowest BCUT2D eigenvalue weighted by atomic mass is 9.71. The first-order valence-corrected chi connectivity index (χ1v) is 6.22. The minimum absolute atomic E-state index is 0.205. The van der Waals surface area contributed by atoms with E-state index in [0.717, 1.165) is 6.42 Å². The summed E-state index contributed by atoms with van der Waals surface area (Å²) in [4.78, 5) is 0. The van der Waals surface area contributed by atoms with E-state index < -0.39 is 16.0 Å². The molecule has 4 nitrogen and oxygen atoms in total. The van der Waals surface area contributed by atoms with Gasteiger partial charge in [-0.1, -0.05) is 20.8 Å². The minimum Gasteiger partial charge on any atom is -0.247 e. The van der Waals surface area contributed by atoms with E-state index >= 15 is 0 Å². The molecule has 5 heteroatoms. The van der Waals surface area contributed by atoms with Gasteiger partial charge in [0.25, 0.3) is 0 Å². The van der Waals surface area contributed by atoms with Crippen molar-refractivity contribution >= 4 is 10.4 Å². The second-order valence-corrected chi connectivity index (χ2v) is 5.47. The van der Waals surface area contributed by atoms with Crippen LogP contribution in [0.2, 0.25) is 0 Å². The number of hydrogen-bond acceptors (Lipinski definition) is 4. The second-order valence-electron chi connectivity index (χ2n) is 4.25. The van der Waals surface area contributed by atoms with Gasteiger partial charge in [0, 0.05) is 5.41 Å². The summed E-state index contributed by atoms with van der Waals surface area (Å²) in [5.41, 5.74) is -0.897. The zero-order valence-corrected chi connectivity index (χ0v) is 9.98. The average Bonchev–Trinajstić information content (AvgIpc) is 2.12. The maximum atomic E-state index is 11.2. The maximum Gasteiger partial charge on any atom is 0.400 e. The van der Waals surface area contributed by atoms with Crippen molar-refractivity contribution in [2.75, 3.05) is 6.61 Å². The molecule has 1 saturated heterocycles. The Morgan fingerprint density at radius 1 is 1.21 bits per heavy atom. The van der Waals surface area contributed by atoms with Gasteiger partial charge in [0.15, 0.2) is 0 Å².